The zero-order valence-electron chi connectivity index (χ0n) is 17.2. The molecule has 7 nitrogen and oxygen atoms in total. The Kier molecular flexibility index (Phi) is 6.07. The highest BCUT2D eigenvalue weighted by Crippen LogP contribution is 2.23. The van der Waals surface area contributed by atoms with Crippen molar-refractivity contribution in [2.24, 2.45) is 0 Å². The van der Waals surface area contributed by atoms with E-state index in [1.807, 2.05) is 18.2 Å². The Balaban J connectivity index is 1.49. The Morgan fingerprint density at radius 3 is 2.83 bits per heavy atom. The summed E-state index contributed by atoms with van der Waals surface area (Å²) < 4.78 is 6.77. The van der Waals surface area contributed by atoms with Gasteiger partial charge in [-0.2, -0.15) is 0 Å². The minimum absolute atomic E-state index is 0.145. The number of aromatic nitrogens is 3. The highest BCUT2D eigenvalue weighted by molar-refractivity contribution is 5.92. The fourth-order valence-electron chi connectivity index (χ4n) is 4.12. The number of piperidine rings is 1. The van der Waals surface area contributed by atoms with E-state index in [9.17, 15) is 9.59 Å². The third kappa shape index (κ3) is 4.35. The average Bonchev–Trinajstić information content (AvgIpc) is 3.23. The molecule has 7 heteroatoms. The molecule has 1 aliphatic rings. The highest BCUT2D eigenvalue weighted by Gasteiger charge is 2.31. The van der Waals surface area contributed by atoms with Crippen LogP contribution in [0.15, 0.2) is 48.7 Å². The summed E-state index contributed by atoms with van der Waals surface area (Å²) in [6.45, 7) is 3.30. The summed E-state index contributed by atoms with van der Waals surface area (Å²) in [7, 11) is 0. The van der Waals surface area contributed by atoms with Crippen LogP contribution in [0.1, 0.15) is 48.7 Å². The van der Waals surface area contributed by atoms with Gasteiger partial charge >= 0.3 is 5.97 Å². The van der Waals surface area contributed by atoms with Crippen LogP contribution in [0.3, 0.4) is 0 Å². The summed E-state index contributed by atoms with van der Waals surface area (Å²) in [6, 6.07) is 14.2. The van der Waals surface area contributed by atoms with Crippen molar-refractivity contribution in [1.29, 1.82) is 0 Å². The minimum Gasteiger partial charge on any atom is -0.466 e. The van der Waals surface area contributed by atoms with E-state index in [2.05, 4.69) is 34.6 Å². The van der Waals surface area contributed by atoms with Crippen molar-refractivity contribution in [3.63, 3.8) is 0 Å². The van der Waals surface area contributed by atoms with Crippen molar-refractivity contribution in [3.8, 4) is 0 Å². The molecule has 0 spiro atoms. The maximum absolute atomic E-state index is 13.1. The lowest BCUT2D eigenvalue weighted by Gasteiger charge is -2.34. The molecule has 1 atom stereocenters. The molecule has 156 valence electrons. The number of carbonyl (C=O) groups excluding carboxylic acids is 2. The number of hydrogen-bond donors (Lipinski definition) is 0. The van der Waals surface area contributed by atoms with E-state index in [1.54, 1.807) is 22.7 Å². The molecule has 1 aromatic heterocycles. The monoisotopic (exact) mass is 406 g/mol. The topological polar surface area (TPSA) is 77.3 Å². The van der Waals surface area contributed by atoms with Crippen molar-refractivity contribution in [2.45, 2.75) is 45.2 Å². The third-order valence-electron chi connectivity index (χ3n) is 5.57. The molecule has 0 bridgehead atoms. The van der Waals surface area contributed by atoms with Gasteiger partial charge in [-0.05, 0) is 42.5 Å². The smallest absolute Gasteiger partial charge is 0.307 e. The van der Waals surface area contributed by atoms with Gasteiger partial charge < -0.3 is 9.64 Å². The van der Waals surface area contributed by atoms with Gasteiger partial charge in [0.2, 0.25) is 0 Å². The molecular weight excluding hydrogens is 380 g/mol. The minimum atomic E-state index is -0.262. The number of likely N-dealkylation sites (tertiary alicyclic amines) is 1. The number of esters is 1. The van der Waals surface area contributed by atoms with Gasteiger partial charge in [0.25, 0.3) is 5.91 Å². The van der Waals surface area contributed by atoms with Crippen LogP contribution in [0, 0.1) is 0 Å². The first-order valence-electron chi connectivity index (χ1n) is 10.5. The van der Waals surface area contributed by atoms with E-state index < -0.39 is 0 Å². The van der Waals surface area contributed by atoms with Gasteiger partial charge in [-0.25, -0.2) is 4.68 Å². The summed E-state index contributed by atoms with van der Waals surface area (Å²) in [4.78, 5) is 26.8. The van der Waals surface area contributed by atoms with Gasteiger partial charge in [0.05, 0.1) is 25.8 Å². The molecule has 1 amide bonds. The molecule has 1 fully saturated rings. The van der Waals surface area contributed by atoms with Crippen LogP contribution in [0.5, 0.6) is 0 Å². The molecule has 0 N–H and O–H groups in total. The Labute approximate surface area is 175 Å². The van der Waals surface area contributed by atoms with E-state index in [4.69, 9.17) is 4.74 Å². The zero-order chi connectivity index (χ0) is 20.9. The third-order valence-corrected chi connectivity index (χ3v) is 5.57. The predicted octanol–water partition coefficient (Wildman–Crippen LogP) is 3.43. The van der Waals surface area contributed by atoms with Gasteiger partial charge in [-0.15, -0.1) is 5.10 Å². The fraction of sp³-hybridized carbons (Fsp3) is 0.391. The molecule has 0 aliphatic carbocycles. The van der Waals surface area contributed by atoms with E-state index in [0.717, 1.165) is 30.2 Å². The molecule has 0 radical (unpaired) electrons. The molecule has 0 saturated carbocycles. The molecule has 2 heterocycles. The molecule has 1 aliphatic heterocycles. The molecule has 2 aromatic carbocycles. The number of ether oxygens (including phenoxy) is 1. The van der Waals surface area contributed by atoms with E-state index in [-0.39, 0.29) is 24.3 Å². The Hall–Kier alpha value is -3.22. The van der Waals surface area contributed by atoms with Crippen LogP contribution in [0.25, 0.3) is 10.8 Å². The zero-order valence-corrected chi connectivity index (χ0v) is 17.2. The van der Waals surface area contributed by atoms with Crippen molar-refractivity contribution in [1.82, 2.24) is 19.9 Å². The SMILES string of the molecule is CCOC(=O)C[C@@H]1CCCCN1C(=O)c1cn(Cc2cccc3ccccc23)nn1. The van der Waals surface area contributed by atoms with E-state index in [1.165, 1.54) is 5.39 Å². The van der Waals surface area contributed by atoms with Crippen LogP contribution in [0.4, 0.5) is 0 Å². The van der Waals surface area contributed by atoms with Crippen molar-refractivity contribution in [2.75, 3.05) is 13.2 Å². The quantitative estimate of drug-likeness (QED) is 0.586. The van der Waals surface area contributed by atoms with Crippen LogP contribution in [-0.2, 0) is 16.1 Å². The maximum atomic E-state index is 13.1. The lowest BCUT2D eigenvalue weighted by atomic mass is 9.99. The van der Waals surface area contributed by atoms with E-state index in [0.29, 0.717) is 25.4 Å². The number of amides is 1. The summed E-state index contributed by atoms with van der Waals surface area (Å²) in [6.07, 6.45) is 4.65. The predicted molar refractivity (Wildman–Crippen MR) is 113 cm³/mol. The molecule has 0 unspecified atom stereocenters. The number of hydrogen-bond acceptors (Lipinski definition) is 5. The molecule has 3 aromatic rings. The van der Waals surface area contributed by atoms with Crippen LogP contribution < -0.4 is 0 Å². The Bertz CT molecular complexity index is 1040. The second-order valence-electron chi connectivity index (χ2n) is 7.60. The lowest BCUT2D eigenvalue weighted by Crippen LogP contribution is -2.45. The van der Waals surface area contributed by atoms with Crippen molar-refractivity contribution < 1.29 is 14.3 Å². The van der Waals surface area contributed by atoms with Crippen LogP contribution in [-0.4, -0.2) is 51.0 Å². The Morgan fingerprint density at radius 1 is 1.13 bits per heavy atom. The van der Waals surface area contributed by atoms with E-state index >= 15 is 0 Å². The average molecular weight is 406 g/mol. The largest absolute Gasteiger partial charge is 0.466 e. The molecule has 30 heavy (non-hydrogen) atoms. The molecule has 4 rings (SSSR count). The summed E-state index contributed by atoms with van der Waals surface area (Å²) in [5.41, 5.74) is 1.43. The number of rotatable bonds is 6. The summed E-state index contributed by atoms with van der Waals surface area (Å²) in [5.74, 6) is -0.435. The first-order valence-corrected chi connectivity index (χ1v) is 10.5. The first kappa shape index (κ1) is 20.1. The van der Waals surface area contributed by atoms with Gasteiger partial charge in [0.1, 0.15) is 0 Å². The fourth-order valence-corrected chi connectivity index (χ4v) is 4.12. The number of benzene rings is 2. The first-order chi connectivity index (χ1) is 14.7. The van der Waals surface area contributed by atoms with Gasteiger partial charge in [-0.3, -0.25) is 9.59 Å². The standard InChI is InChI=1S/C23H26N4O3/c1-2-30-22(28)14-19-11-5-6-13-27(19)23(29)21-16-26(25-24-21)15-18-10-7-9-17-8-3-4-12-20(17)18/h3-4,7-10,12,16,19H,2,5-6,11,13-15H2,1H3/t19-/m0/s1. The Morgan fingerprint density at radius 2 is 1.97 bits per heavy atom. The van der Waals surface area contributed by atoms with Gasteiger partial charge in [0.15, 0.2) is 5.69 Å². The number of fused-ring (bicyclic) bond motifs is 1. The number of nitrogens with zero attached hydrogens (tertiary/aromatic N) is 4. The summed E-state index contributed by atoms with van der Waals surface area (Å²) >= 11 is 0. The normalized spacial score (nSPS) is 16.6. The number of carbonyl (C=O) groups is 2. The summed E-state index contributed by atoms with van der Waals surface area (Å²) in [5, 5.41) is 10.6. The highest BCUT2D eigenvalue weighted by atomic mass is 16.5. The van der Waals surface area contributed by atoms with Crippen LogP contribution in [0.2, 0.25) is 0 Å². The van der Waals surface area contributed by atoms with Gasteiger partial charge in [-0.1, -0.05) is 47.7 Å². The van der Waals surface area contributed by atoms with Gasteiger partial charge in [0, 0.05) is 12.6 Å². The van der Waals surface area contributed by atoms with Crippen LogP contribution >= 0.6 is 0 Å². The van der Waals surface area contributed by atoms with Crippen molar-refractivity contribution in [3.05, 3.63) is 59.9 Å². The molecule has 1 saturated heterocycles. The molecular formula is C23H26N4O3. The van der Waals surface area contributed by atoms with Crippen molar-refractivity contribution >= 4 is 22.6 Å². The second-order valence-corrected chi connectivity index (χ2v) is 7.60. The lowest BCUT2D eigenvalue weighted by molar-refractivity contribution is -0.144. The second kappa shape index (κ2) is 9.07. The maximum Gasteiger partial charge on any atom is 0.307 e.